The van der Waals surface area contributed by atoms with Gasteiger partial charge in [-0.3, -0.25) is 9.89 Å². The Balaban J connectivity index is 1.38. The minimum absolute atomic E-state index is 0.106. The SMILES string of the molecule is CN(CCCc1cc(-c2ccc(F)cc2)n[nH]1)CCC(=O)Nc1ccc(C#N)c(Cl)c1. The third-order valence-electron chi connectivity index (χ3n) is 4.85. The van der Waals surface area contributed by atoms with Crippen LogP contribution in [0.4, 0.5) is 10.1 Å². The topological polar surface area (TPSA) is 84.8 Å². The van der Waals surface area contributed by atoms with Crippen LogP contribution in [0.15, 0.2) is 48.5 Å². The molecule has 0 fully saturated rings. The zero-order valence-corrected chi connectivity index (χ0v) is 17.9. The molecule has 0 aliphatic carbocycles. The Morgan fingerprint density at radius 1 is 1.23 bits per heavy atom. The van der Waals surface area contributed by atoms with Gasteiger partial charge in [0, 0.05) is 29.9 Å². The zero-order chi connectivity index (χ0) is 22.2. The lowest BCUT2D eigenvalue weighted by Gasteiger charge is -2.16. The van der Waals surface area contributed by atoms with Crippen LogP contribution >= 0.6 is 11.6 Å². The fraction of sp³-hybridized carbons (Fsp3) is 0.261. The Morgan fingerprint density at radius 3 is 2.71 bits per heavy atom. The van der Waals surface area contributed by atoms with Crippen LogP contribution in [0.25, 0.3) is 11.3 Å². The largest absolute Gasteiger partial charge is 0.326 e. The number of carbonyl (C=O) groups is 1. The molecule has 31 heavy (non-hydrogen) atoms. The maximum Gasteiger partial charge on any atom is 0.225 e. The third kappa shape index (κ3) is 6.64. The summed E-state index contributed by atoms with van der Waals surface area (Å²) in [6, 6.07) is 15.0. The smallest absolute Gasteiger partial charge is 0.225 e. The van der Waals surface area contributed by atoms with Gasteiger partial charge in [-0.05, 0) is 75.0 Å². The Morgan fingerprint density at radius 2 is 2.00 bits per heavy atom. The van der Waals surface area contributed by atoms with Crippen molar-refractivity contribution in [1.29, 1.82) is 5.26 Å². The monoisotopic (exact) mass is 439 g/mol. The molecule has 0 saturated carbocycles. The number of nitrogens with one attached hydrogen (secondary N) is 2. The molecule has 0 aliphatic rings. The van der Waals surface area contributed by atoms with Gasteiger partial charge in [-0.1, -0.05) is 11.6 Å². The molecule has 0 saturated heterocycles. The zero-order valence-electron chi connectivity index (χ0n) is 17.2. The van der Waals surface area contributed by atoms with Gasteiger partial charge in [-0.15, -0.1) is 0 Å². The summed E-state index contributed by atoms with van der Waals surface area (Å²) in [7, 11) is 1.97. The molecular weight excluding hydrogens is 417 g/mol. The van der Waals surface area contributed by atoms with Gasteiger partial charge in [0.25, 0.3) is 0 Å². The second-order valence-corrected chi connectivity index (χ2v) is 7.70. The molecule has 1 heterocycles. The van der Waals surface area contributed by atoms with Crippen molar-refractivity contribution in [3.63, 3.8) is 0 Å². The standard InChI is InChI=1S/C23H23ClFN5O/c1-30(12-10-23(31)27-19-9-6-17(15-26)21(24)13-19)11-2-3-20-14-22(29-28-20)16-4-7-18(25)8-5-16/h4-9,13-14H,2-3,10-12H2,1H3,(H,27,31)(H,28,29). The van der Waals surface area contributed by atoms with Crippen molar-refractivity contribution in [2.45, 2.75) is 19.3 Å². The van der Waals surface area contributed by atoms with E-state index in [2.05, 4.69) is 20.4 Å². The van der Waals surface area contributed by atoms with Crippen molar-refractivity contribution in [3.8, 4) is 17.3 Å². The van der Waals surface area contributed by atoms with E-state index in [1.165, 1.54) is 12.1 Å². The van der Waals surface area contributed by atoms with Gasteiger partial charge in [-0.2, -0.15) is 10.4 Å². The van der Waals surface area contributed by atoms with Crippen LogP contribution in [0, 0.1) is 17.1 Å². The molecule has 0 radical (unpaired) electrons. The highest BCUT2D eigenvalue weighted by molar-refractivity contribution is 6.32. The number of aryl methyl sites for hydroxylation is 1. The number of hydrogen-bond donors (Lipinski definition) is 2. The van der Waals surface area contributed by atoms with E-state index in [0.717, 1.165) is 36.3 Å². The number of aromatic amines is 1. The van der Waals surface area contributed by atoms with Crippen LogP contribution in [-0.2, 0) is 11.2 Å². The van der Waals surface area contributed by atoms with Crippen molar-refractivity contribution < 1.29 is 9.18 Å². The van der Waals surface area contributed by atoms with Gasteiger partial charge in [0.2, 0.25) is 5.91 Å². The molecule has 3 rings (SSSR count). The van der Waals surface area contributed by atoms with E-state index >= 15 is 0 Å². The lowest BCUT2D eigenvalue weighted by atomic mass is 10.1. The predicted molar refractivity (Wildman–Crippen MR) is 119 cm³/mol. The lowest BCUT2D eigenvalue weighted by Crippen LogP contribution is -2.25. The van der Waals surface area contributed by atoms with Gasteiger partial charge >= 0.3 is 0 Å². The minimum Gasteiger partial charge on any atom is -0.326 e. The molecule has 2 N–H and O–H groups in total. The molecule has 1 aromatic heterocycles. The first-order valence-corrected chi connectivity index (χ1v) is 10.3. The fourth-order valence-corrected chi connectivity index (χ4v) is 3.33. The van der Waals surface area contributed by atoms with Crippen molar-refractivity contribution in [2.24, 2.45) is 0 Å². The summed E-state index contributed by atoms with van der Waals surface area (Å²) >= 11 is 5.99. The highest BCUT2D eigenvalue weighted by Gasteiger charge is 2.08. The van der Waals surface area contributed by atoms with E-state index in [9.17, 15) is 9.18 Å². The van der Waals surface area contributed by atoms with Crippen LogP contribution in [0.1, 0.15) is 24.1 Å². The molecule has 0 spiro atoms. The van der Waals surface area contributed by atoms with Crippen LogP contribution in [-0.4, -0.2) is 41.1 Å². The summed E-state index contributed by atoms with van der Waals surface area (Å²) in [5, 5.41) is 19.3. The molecule has 2 aromatic carbocycles. The van der Waals surface area contributed by atoms with Gasteiger partial charge in [0.15, 0.2) is 0 Å². The number of hydrogen-bond acceptors (Lipinski definition) is 4. The van der Waals surface area contributed by atoms with Gasteiger partial charge in [0.1, 0.15) is 11.9 Å². The summed E-state index contributed by atoms with van der Waals surface area (Å²) in [6.45, 7) is 1.46. The van der Waals surface area contributed by atoms with Crippen LogP contribution < -0.4 is 5.32 Å². The Labute approximate surface area is 185 Å². The Hall–Kier alpha value is -3.21. The van der Waals surface area contributed by atoms with E-state index in [4.69, 9.17) is 16.9 Å². The second kappa shape index (κ2) is 10.7. The summed E-state index contributed by atoms with van der Waals surface area (Å²) in [5.41, 5.74) is 3.64. The number of aromatic nitrogens is 2. The molecule has 0 atom stereocenters. The number of carbonyl (C=O) groups excluding carboxylic acids is 1. The Bertz CT molecular complexity index is 1070. The van der Waals surface area contributed by atoms with E-state index in [1.807, 2.05) is 19.2 Å². The number of anilines is 1. The van der Waals surface area contributed by atoms with E-state index < -0.39 is 0 Å². The summed E-state index contributed by atoms with van der Waals surface area (Å²) < 4.78 is 13.0. The first-order valence-electron chi connectivity index (χ1n) is 9.93. The summed E-state index contributed by atoms with van der Waals surface area (Å²) in [6.07, 6.45) is 2.09. The first-order chi connectivity index (χ1) is 14.9. The van der Waals surface area contributed by atoms with Crippen LogP contribution in [0.5, 0.6) is 0 Å². The van der Waals surface area contributed by atoms with E-state index in [-0.39, 0.29) is 11.7 Å². The number of amides is 1. The molecule has 8 heteroatoms. The minimum atomic E-state index is -0.267. The maximum absolute atomic E-state index is 13.0. The predicted octanol–water partition coefficient (Wildman–Crippen LogP) is 4.63. The molecule has 1 amide bonds. The normalized spacial score (nSPS) is 10.8. The number of nitriles is 1. The van der Waals surface area contributed by atoms with Gasteiger partial charge in [-0.25, -0.2) is 4.39 Å². The number of halogens is 2. The number of H-pyrrole nitrogens is 1. The molecule has 6 nitrogen and oxygen atoms in total. The average molecular weight is 440 g/mol. The summed E-state index contributed by atoms with van der Waals surface area (Å²) in [4.78, 5) is 14.3. The fourth-order valence-electron chi connectivity index (χ4n) is 3.11. The molecule has 0 aliphatic heterocycles. The van der Waals surface area contributed by atoms with E-state index in [1.54, 1.807) is 30.3 Å². The van der Waals surface area contributed by atoms with Crippen molar-refractivity contribution >= 4 is 23.2 Å². The Kier molecular flexibility index (Phi) is 7.76. The maximum atomic E-state index is 13.0. The van der Waals surface area contributed by atoms with Crippen LogP contribution in [0.2, 0.25) is 5.02 Å². The van der Waals surface area contributed by atoms with Crippen molar-refractivity contribution in [3.05, 3.63) is 70.6 Å². The first kappa shape index (κ1) is 22.5. The molecule has 160 valence electrons. The van der Waals surface area contributed by atoms with Crippen LogP contribution in [0.3, 0.4) is 0 Å². The molecule has 3 aromatic rings. The highest BCUT2D eigenvalue weighted by Crippen LogP contribution is 2.20. The highest BCUT2D eigenvalue weighted by atomic mass is 35.5. The quantitative estimate of drug-likeness (QED) is 0.509. The summed E-state index contributed by atoms with van der Waals surface area (Å²) in [5.74, 6) is -0.373. The van der Waals surface area contributed by atoms with Gasteiger partial charge in [0.05, 0.1) is 16.3 Å². The number of nitrogens with zero attached hydrogens (tertiary/aromatic N) is 3. The lowest BCUT2D eigenvalue weighted by molar-refractivity contribution is -0.116. The van der Waals surface area contributed by atoms with Crippen molar-refractivity contribution in [2.75, 3.05) is 25.5 Å². The molecule has 0 unspecified atom stereocenters. The number of rotatable bonds is 9. The average Bonchev–Trinajstić information content (AvgIpc) is 3.22. The molecule has 0 bridgehead atoms. The molecular formula is C23H23ClFN5O. The van der Waals surface area contributed by atoms with Gasteiger partial charge < -0.3 is 10.2 Å². The third-order valence-corrected chi connectivity index (χ3v) is 5.16. The second-order valence-electron chi connectivity index (χ2n) is 7.30. The van der Waals surface area contributed by atoms with Crippen molar-refractivity contribution in [1.82, 2.24) is 15.1 Å². The van der Waals surface area contributed by atoms with E-state index in [0.29, 0.717) is 29.2 Å². The number of benzene rings is 2.